The summed E-state index contributed by atoms with van der Waals surface area (Å²) in [6.07, 6.45) is 7.28. The Bertz CT molecular complexity index is 833. The van der Waals surface area contributed by atoms with Crippen LogP contribution in [0.5, 0.6) is 5.75 Å². The van der Waals surface area contributed by atoms with Gasteiger partial charge in [-0.05, 0) is 56.2 Å². The third-order valence-electron chi connectivity index (χ3n) is 7.09. The Kier molecular flexibility index (Phi) is 5.89. The summed E-state index contributed by atoms with van der Waals surface area (Å²) < 4.78 is 12.2. The standard InChI is InChI=1S/C24H32N2O5/c27-13-21-24-19(11-17(30-21)12-23(29)25-15-3-1-2-4-15)18-10-16(7-8-20(18)31-24)26-22(28)9-14-5-6-14/h7-8,10,14-15,17,19,21,24,27H,1-6,9,11-13H2,(H,25,29)(H,26,28)/t17-,19-,21-,24+/m0/s1. The zero-order valence-electron chi connectivity index (χ0n) is 17.8. The van der Waals surface area contributed by atoms with Gasteiger partial charge in [0.15, 0.2) is 0 Å². The SMILES string of the molecule is O=C(CC1CC1)Nc1ccc2c(c1)[C@@H]1C[C@@H](CC(=O)NC3CCCC3)O[C@@H](CO)[C@@H]1O2. The van der Waals surface area contributed by atoms with Gasteiger partial charge in [-0.15, -0.1) is 0 Å². The summed E-state index contributed by atoms with van der Waals surface area (Å²) in [7, 11) is 0. The number of amides is 2. The second-order valence-corrected chi connectivity index (χ2v) is 9.61. The van der Waals surface area contributed by atoms with Crippen molar-refractivity contribution < 1.29 is 24.2 Å². The predicted molar refractivity (Wildman–Crippen MR) is 115 cm³/mol. The van der Waals surface area contributed by atoms with Gasteiger partial charge in [0.2, 0.25) is 11.8 Å². The quantitative estimate of drug-likeness (QED) is 0.621. The van der Waals surface area contributed by atoms with Crippen LogP contribution in [0.1, 0.15) is 69.3 Å². The maximum absolute atomic E-state index is 12.5. The lowest BCUT2D eigenvalue weighted by molar-refractivity contribution is -0.142. The number of hydrogen-bond donors (Lipinski definition) is 3. The molecule has 0 unspecified atom stereocenters. The minimum atomic E-state index is -0.469. The van der Waals surface area contributed by atoms with Crippen molar-refractivity contribution in [1.82, 2.24) is 5.32 Å². The number of hydrogen-bond acceptors (Lipinski definition) is 5. The Labute approximate surface area is 182 Å². The Morgan fingerprint density at radius 1 is 1.06 bits per heavy atom. The first-order valence-corrected chi connectivity index (χ1v) is 11.7. The number of rotatable bonds is 7. The Morgan fingerprint density at radius 2 is 1.87 bits per heavy atom. The van der Waals surface area contributed by atoms with Gasteiger partial charge >= 0.3 is 0 Å². The average molecular weight is 429 g/mol. The molecule has 3 fully saturated rings. The molecule has 0 radical (unpaired) electrons. The van der Waals surface area contributed by atoms with Crippen molar-refractivity contribution >= 4 is 17.5 Å². The minimum Gasteiger partial charge on any atom is -0.487 e. The molecule has 4 atom stereocenters. The molecule has 2 amide bonds. The van der Waals surface area contributed by atoms with Crippen LogP contribution in [-0.2, 0) is 14.3 Å². The van der Waals surface area contributed by atoms with Gasteiger partial charge in [-0.2, -0.15) is 0 Å². The van der Waals surface area contributed by atoms with E-state index in [0.29, 0.717) is 25.2 Å². The van der Waals surface area contributed by atoms with Crippen molar-refractivity contribution in [2.45, 2.75) is 88.1 Å². The summed E-state index contributed by atoms with van der Waals surface area (Å²) >= 11 is 0. The predicted octanol–water partition coefficient (Wildman–Crippen LogP) is 2.87. The Hall–Kier alpha value is -2.12. The van der Waals surface area contributed by atoms with Gasteiger partial charge in [-0.25, -0.2) is 0 Å². The highest BCUT2D eigenvalue weighted by molar-refractivity contribution is 5.91. The molecule has 3 N–H and O–H groups in total. The number of aliphatic hydroxyl groups is 1. The zero-order chi connectivity index (χ0) is 21.4. The van der Waals surface area contributed by atoms with E-state index in [1.807, 2.05) is 18.2 Å². The van der Waals surface area contributed by atoms with E-state index in [2.05, 4.69) is 10.6 Å². The molecule has 2 aliphatic heterocycles. The van der Waals surface area contributed by atoms with Crippen molar-refractivity contribution in [3.63, 3.8) is 0 Å². The molecule has 0 aromatic heterocycles. The molecule has 31 heavy (non-hydrogen) atoms. The lowest BCUT2D eigenvalue weighted by atomic mass is 9.84. The fourth-order valence-corrected chi connectivity index (χ4v) is 5.33. The summed E-state index contributed by atoms with van der Waals surface area (Å²) in [4.78, 5) is 24.8. The molecular formula is C24H32N2O5. The minimum absolute atomic E-state index is 0.0206. The maximum atomic E-state index is 12.5. The van der Waals surface area contributed by atoms with E-state index in [4.69, 9.17) is 9.47 Å². The van der Waals surface area contributed by atoms with E-state index in [0.717, 1.165) is 42.7 Å². The van der Waals surface area contributed by atoms with E-state index in [1.165, 1.54) is 12.8 Å². The fraction of sp³-hybridized carbons (Fsp3) is 0.667. The normalized spacial score (nSPS) is 29.7. The molecule has 0 spiro atoms. The number of fused-ring (bicyclic) bond motifs is 3. The van der Waals surface area contributed by atoms with Gasteiger partial charge in [-0.3, -0.25) is 9.59 Å². The van der Waals surface area contributed by atoms with Crippen LogP contribution < -0.4 is 15.4 Å². The molecule has 7 heteroatoms. The first-order chi connectivity index (χ1) is 15.1. The van der Waals surface area contributed by atoms with Crippen molar-refractivity contribution in [3.8, 4) is 5.75 Å². The third kappa shape index (κ3) is 4.72. The Morgan fingerprint density at radius 3 is 2.61 bits per heavy atom. The first kappa shape index (κ1) is 20.8. The van der Waals surface area contributed by atoms with Gasteiger partial charge in [0, 0.05) is 29.6 Å². The van der Waals surface area contributed by atoms with Crippen molar-refractivity contribution in [2.24, 2.45) is 5.92 Å². The molecule has 0 bridgehead atoms. The van der Waals surface area contributed by atoms with Crippen molar-refractivity contribution in [2.75, 3.05) is 11.9 Å². The van der Waals surface area contributed by atoms with Gasteiger partial charge in [-0.1, -0.05) is 12.8 Å². The smallest absolute Gasteiger partial charge is 0.224 e. The first-order valence-electron chi connectivity index (χ1n) is 11.7. The molecular weight excluding hydrogens is 396 g/mol. The fourth-order valence-electron chi connectivity index (χ4n) is 5.33. The van der Waals surface area contributed by atoms with Crippen molar-refractivity contribution in [3.05, 3.63) is 23.8 Å². The topological polar surface area (TPSA) is 96.9 Å². The average Bonchev–Trinajstić information content (AvgIpc) is 3.26. The molecule has 2 saturated carbocycles. The van der Waals surface area contributed by atoms with Crippen LogP contribution in [0.4, 0.5) is 5.69 Å². The zero-order valence-corrected chi connectivity index (χ0v) is 17.8. The monoisotopic (exact) mass is 428 g/mol. The van der Waals surface area contributed by atoms with E-state index in [1.54, 1.807) is 0 Å². The third-order valence-corrected chi connectivity index (χ3v) is 7.09. The highest BCUT2D eigenvalue weighted by Crippen LogP contribution is 2.47. The van der Waals surface area contributed by atoms with Crippen LogP contribution in [0.15, 0.2) is 18.2 Å². The molecule has 1 aromatic carbocycles. The number of ether oxygens (including phenoxy) is 2. The summed E-state index contributed by atoms with van der Waals surface area (Å²) in [5, 5.41) is 16.0. The molecule has 1 saturated heterocycles. The number of carbonyl (C=O) groups is 2. The number of nitrogens with one attached hydrogen (secondary N) is 2. The maximum Gasteiger partial charge on any atom is 0.224 e. The van der Waals surface area contributed by atoms with E-state index < -0.39 is 6.10 Å². The summed E-state index contributed by atoms with van der Waals surface area (Å²) in [6.45, 7) is -0.152. The van der Waals surface area contributed by atoms with E-state index in [-0.39, 0.29) is 42.6 Å². The molecule has 168 valence electrons. The van der Waals surface area contributed by atoms with E-state index >= 15 is 0 Å². The number of carbonyl (C=O) groups excluding carboxylic acids is 2. The Balaban J connectivity index is 1.26. The van der Waals surface area contributed by atoms with Crippen LogP contribution in [0.2, 0.25) is 0 Å². The summed E-state index contributed by atoms with van der Waals surface area (Å²) in [6, 6.07) is 6.02. The van der Waals surface area contributed by atoms with Gasteiger partial charge in [0.1, 0.15) is 18.0 Å². The van der Waals surface area contributed by atoms with Gasteiger partial charge < -0.3 is 25.2 Å². The number of benzene rings is 1. The second kappa shape index (κ2) is 8.79. The molecule has 5 rings (SSSR count). The largest absolute Gasteiger partial charge is 0.487 e. The second-order valence-electron chi connectivity index (χ2n) is 9.61. The van der Waals surface area contributed by atoms with Crippen LogP contribution >= 0.6 is 0 Å². The summed E-state index contributed by atoms with van der Waals surface area (Å²) in [5.74, 6) is 1.42. The van der Waals surface area contributed by atoms with Crippen LogP contribution in [0.3, 0.4) is 0 Å². The lowest BCUT2D eigenvalue weighted by Gasteiger charge is -2.37. The van der Waals surface area contributed by atoms with Gasteiger partial charge in [0.25, 0.3) is 0 Å². The van der Waals surface area contributed by atoms with Crippen molar-refractivity contribution in [1.29, 1.82) is 0 Å². The number of anilines is 1. The molecule has 1 aromatic rings. The van der Waals surface area contributed by atoms with Crippen LogP contribution in [-0.4, -0.2) is 47.9 Å². The van der Waals surface area contributed by atoms with Crippen LogP contribution in [0.25, 0.3) is 0 Å². The van der Waals surface area contributed by atoms with E-state index in [9.17, 15) is 14.7 Å². The molecule has 7 nitrogen and oxygen atoms in total. The summed E-state index contributed by atoms with van der Waals surface area (Å²) in [5.41, 5.74) is 1.80. The molecule has 4 aliphatic rings. The lowest BCUT2D eigenvalue weighted by Crippen LogP contribution is -2.47. The number of aliphatic hydroxyl groups excluding tert-OH is 1. The highest BCUT2D eigenvalue weighted by atomic mass is 16.6. The van der Waals surface area contributed by atoms with Crippen LogP contribution in [0, 0.1) is 5.92 Å². The molecule has 2 aliphatic carbocycles. The van der Waals surface area contributed by atoms with Gasteiger partial charge in [0.05, 0.1) is 19.1 Å². The highest BCUT2D eigenvalue weighted by Gasteiger charge is 2.46. The molecule has 2 heterocycles.